The fourth-order valence-electron chi connectivity index (χ4n) is 4.83. The molecule has 0 radical (unpaired) electrons. The van der Waals surface area contributed by atoms with Crippen LogP contribution < -0.4 is 14.8 Å². The van der Waals surface area contributed by atoms with Crippen LogP contribution in [0.1, 0.15) is 30.9 Å². The molecule has 5 rings (SSSR count). The third-order valence-corrected chi connectivity index (χ3v) is 8.42. The number of ether oxygens (including phenoxy) is 2. The monoisotopic (exact) mass is 680 g/mol. The largest absolute Gasteiger partial charge is 0.492 e. The molecule has 1 aliphatic rings. The van der Waals surface area contributed by atoms with Gasteiger partial charge in [-0.25, -0.2) is 19.2 Å². The molecule has 2 heterocycles. The molecule has 1 aliphatic heterocycles. The summed E-state index contributed by atoms with van der Waals surface area (Å²) in [7, 11) is 0. The van der Waals surface area contributed by atoms with Gasteiger partial charge in [-0.05, 0) is 103 Å². The Hall–Kier alpha value is -4.98. The summed E-state index contributed by atoms with van der Waals surface area (Å²) in [5.41, 5.74) is 3.93. The van der Waals surface area contributed by atoms with Crippen molar-refractivity contribution in [3.05, 3.63) is 83.9 Å². The van der Waals surface area contributed by atoms with E-state index in [-0.39, 0.29) is 0 Å². The second-order valence-electron chi connectivity index (χ2n) is 10.6. The Morgan fingerprint density at radius 3 is 1.85 bits per heavy atom. The Kier molecular flexibility index (Phi) is 15.3. The highest BCUT2D eigenvalue weighted by Gasteiger charge is 2.15. The van der Waals surface area contributed by atoms with Crippen molar-refractivity contribution >= 4 is 45.3 Å². The number of carboxylic acid groups (broad SMARTS) is 4. The maximum absolute atomic E-state index is 9.10. The number of rotatable bonds is 12. The van der Waals surface area contributed by atoms with E-state index in [0.29, 0.717) is 6.61 Å². The Morgan fingerprint density at radius 2 is 1.29 bits per heavy atom. The average molecular weight is 681 g/mol. The van der Waals surface area contributed by atoms with Crippen molar-refractivity contribution in [2.75, 3.05) is 45.9 Å². The first kappa shape index (κ1) is 37.5. The van der Waals surface area contributed by atoms with Crippen LogP contribution in [0, 0.1) is 0 Å². The van der Waals surface area contributed by atoms with Crippen molar-refractivity contribution in [3.63, 3.8) is 0 Å². The minimum atomic E-state index is -1.82. The van der Waals surface area contributed by atoms with Crippen LogP contribution in [0.15, 0.2) is 72.8 Å². The fraction of sp³-hybridized carbons (Fsp3) is 0.314. The van der Waals surface area contributed by atoms with E-state index in [1.165, 1.54) is 57.6 Å². The number of nitrogens with one attached hydrogen (secondary N) is 1. The van der Waals surface area contributed by atoms with Gasteiger partial charge in [0.15, 0.2) is 0 Å². The van der Waals surface area contributed by atoms with Gasteiger partial charge in [-0.1, -0.05) is 37.3 Å². The number of benzene rings is 3. The molecule has 0 unspecified atom stereocenters. The van der Waals surface area contributed by atoms with Gasteiger partial charge in [0.2, 0.25) is 0 Å². The van der Waals surface area contributed by atoms with Gasteiger partial charge < -0.3 is 35.2 Å². The summed E-state index contributed by atoms with van der Waals surface area (Å²) in [6.07, 6.45) is 3.53. The van der Waals surface area contributed by atoms with Gasteiger partial charge in [0, 0.05) is 22.7 Å². The average Bonchev–Trinajstić information content (AvgIpc) is 3.73. The smallest absolute Gasteiger partial charge is 0.414 e. The molecule has 5 N–H and O–H groups in total. The topological polar surface area (TPSA) is 183 Å². The normalized spacial score (nSPS) is 12.3. The number of thiophene rings is 1. The van der Waals surface area contributed by atoms with Crippen molar-refractivity contribution in [3.8, 4) is 21.9 Å². The Bertz CT molecular complexity index is 1580. The maximum Gasteiger partial charge on any atom is 0.414 e. The summed E-state index contributed by atoms with van der Waals surface area (Å²) < 4.78 is 13.2. The van der Waals surface area contributed by atoms with Crippen LogP contribution in [-0.4, -0.2) is 95.1 Å². The number of hydrogen-bond donors (Lipinski definition) is 5. The van der Waals surface area contributed by atoms with Crippen molar-refractivity contribution < 1.29 is 49.1 Å². The Labute approximate surface area is 282 Å². The summed E-state index contributed by atoms with van der Waals surface area (Å²) in [6, 6.07) is 26.0. The van der Waals surface area contributed by atoms with Crippen molar-refractivity contribution in [1.82, 2.24) is 10.2 Å². The lowest BCUT2D eigenvalue weighted by Crippen LogP contribution is -2.25. The van der Waals surface area contributed by atoms with E-state index in [9.17, 15) is 0 Å². The zero-order valence-corrected chi connectivity index (χ0v) is 27.4. The molecule has 0 atom stereocenters. The Morgan fingerprint density at radius 1 is 0.750 bits per heavy atom. The number of likely N-dealkylation sites (N-methyl/N-ethyl adjacent to an activating group) is 1. The number of aliphatic carboxylic acids is 4. The number of fused-ring (bicyclic) bond motifs is 1. The summed E-state index contributed by atoms with van der Waals surface area (Å²) in [4.78, 5) is 40.2. The fourth-order valence-corrected chi connectivity index (χ4v) is 6.06. The molecule has 1 aromatic heterocycles. The zero-order chi connectivity index (χ0) is 34.9. The van der Waals surface area contributed by atoms with Gasteiger partial charge in [-0.3, -0.25) is 4.90 Å². The van der Waals surface area contributed by atoms with Gasteiger partial charge >= 0.3 is 23.9 Å². The number of hydrogen-bond acceptors (Lipinski definition) is 9. The molecule has 256 valence electrons. The molecule has 3 aromatic carbocycles. The molecule has 0 spiro atoms. The van der Waals surface area contributed by atoms with Crippen molar-refractivity contribution in [2.45, 2.75) is 26.2 Å². The Balaban J connectivity index is 0.000000446. The molecular weight excluding hydrogens is 640 g/mol. The van der Waals surface area contributed by atoms with Gasteiger partial charge in [0.1, 0.15) is 24.7 Å². The predicted molar refractivity (Wildman–Crippen MR) is 182 cm³/mol. The van der Waals surface area contributed by atoms with E-state index in [1.807, 2.05) is 11.3 Å². The van der Waals surface area contributed by atoms with Gasteiger partial charge in [0.25, 0.3) is 0 Å². The van der Waals surface area contributed by atoms with E-state index in [1.54, 1.807) is 0 Å². The van der Waals surface area contributed by atoms with E-state index in [0.717, 1.165) is 44.2 Å². The van der Waals surface area contributed by atoms with Crippen LogP contribution >= 0.6 is 11.3 Å². The van der Waals surface area contributed by atoms with E-state index < -0.39 is 23.9 Å². The van der Waals surface area contributed by atoms with E-state index >= 15 is 0 Å². The molecule has 12 nitrogen and oxygen atoms in total. The van der Waals surface area contributed by atoms with Crippen molar-refractivity contribution in [2.24, 2.45) is 0 Å². The summed E-state index contributed by atoms with van der Waals surface area (Å²) in [5.74, 6) is -5.42. The number of carboxylic acids is 4. The first-order valence-corrected chi connectivity index (χ1v) is 16.2. The van der Waals surface area contributed by atoms with Crippen LogP contribution in [0.5, 0.6) is 11.5 Å². The molecule has 13 heteroatoms. The minimum Gasteiger partial charge on any atom is -0.492 e. The molecule has 1 fully saturated rings. The first-order chi connectivity index (χ1) is 23.1. The highest BCUT2D eigenvalue weighted by atomic mass is 32.1. The van der Waals surface area contributed by atoms with Crippen LogP contribution in [0.25, 0.3) is 20.5 Å². The van der Waals surface area contributed by atoms with E-state index in [4.69, 9.17) is 49.1 Å². The number of nitrogens with zero attached hydrogens (tertiary/aromatic N) is 1. The maximum atomic E-state index is 9.10. The van der Waals surface area contributed by atoms with Crippen LogP contribution in [0.3, 0.4) is 0 Å². The van der Waals surface area contributed by atoms with Gasteiger partial charge in [0.05, 0.1) is 0 Å². The van der Waals surface area contributed by atoms with Crippen LogP contribution in [0.4, 0.5) is 0 Å². The second kappa shape index (κ2) is 19.6. The molecule has 0 bridgehead atoms. The highest BCUT2D eigenvalue weighted by Crippen LogP contribution is 2.40. The third-order valence-electron chi connectivity index (χ3n) is 7.16. The zero-order valence-electron chi connectivity index (χ0n) is 26.6. The van der Waals surface area contributed by atoms with Crippen LogP contribution in [-0.2, 0) is 25.6 Å². The standard InChI is InChI=1S/C31H36N2O2S.2C2H2O4/c1-2-32-17-21-34-26-13-9-24(10-14-26)23-29-28-7-3-4-8-30(28)36-31(29)25-11-15-27(16-12-25)35-22-20-33-18-5-6-19-33;2*3-1(4)2(5)6/h3-4,7-16,32H,2,5-6,17-23H2,1H3;2*(H,3,4)(H,5,6). The molecule has 0 aliphatic carbocycles. The summed E-state index contributed by atoms with van der Waals surface area (Å²) >= 11 is 1.88. The number of carbonyl (C=O) groups is 4. The molecular formula is C35H40N2O10S. The minimum absolute atomic E-state index is 0.685. The molecule has 48 heavy (non-hydrogen) atoms. The molecule has 0 saturated carbocycles. The summed E-state index contributed by atoms with van der Waals surface area (Å²) in [6.45, 7) is 8.81. The lowest BCUT2D eigenvalue weighted by atomic mass is 9.99. The SMILES string of the molecule is CCNCCOc1ccc(Cc2c(-c3ccc(OCCN4CCCC4)cc3)sc3ccccc23)cc1.O=C(O)C(=O)O.O=C(O)C(=O)O. The molecule has 0 amide bonds. The summed E-state index contributed by atoms with van der Waals surface area (Å²) in [5, 5.41) is 34.2. The van der Waals surface area contributed by atoms with E-state index in [2.05, 4.69) is 89.9 Å². The van der Waals surface area contributed by atoms with Gasteiger partial charge in [-0.2, -0.15) is 0 Å². The quantitative estimate of drug-likeness (QED) is 0.101. The molecule has 1 saturated heterocycles. The lowest BCUT2D eigenvalue weighted by Gasteiger charge is -2.15. The van der Waals surface area contributed by atoms with Gasteiger partial charge in [-0.15, -0.1) is 11.3 Å². The van der Waals surface area contributed by atoms with Crippen molar-refractivity contribution in [1.29, 1.82) is 0 Å². The highest BCUT2D eigenvalue weighted by molar-refractivity contribution is 7.22. The second-order valence-corrected chi connectivity index (χ2v) is 11.6. The lowest BCUT2D eigenvalue weighted by molar-refractivity contribution is -0.159. The molecule has 4 aromatic rings. The first-order valence-electron chi connectivity index (χ1n) is 15.4. The predicted octanol–water partition coefficient (Wildman–Crippen LogP) is 4.93. The third kappa shape index (κ3) is 12.3. The van der Waals surface area contributed by atoms with Crippen LogP contribution in [0.2, 0.25) is 0 Å². The number of likely N-dealkylation sites (tertiary alicyclic amines) is 1.